The van der Waals surface area contributed by atoms with Gasteiger partial charge in [-0.1, -0.05) is 121 Å². The van der Waals surface area contributed by atoms with Crippen molar-refractivity contribution in [1.29, 1.82) is 0 Å². The smallest absolute Gasteiger partial charge is 0.181 e. The number of hydrogen-bond acceptors (Lipinski definition) is 6. The molecule has 0 atom stereocenters. The summed E-state index contributed by atoms with van der Waals surface area (Å²) in [4.78, 5) is 9.82. The van der Waals surface area contributed by atoms with Crippen molar-refractivity contribution in [1.82, 2.24) is 15.2 Å². The molecule has 42 heavy (non-hydrogen) atoms. The molecule has 0 amide bonds. The van der Waals surface area contributed by atoms with Crippen molar-refractivity contribution < 1.29 is 0 Å². The molecule has 1 aliphatic heterocycles. The first-order chi connectivity index (χ1) is 20.9. The highest BCUT2D eigenvalue weighted by Crippen LogP contribution is 2.41. The highest BCUT2D eigenvalue weighted by Gasteiger charge is 2.34. The summed E-state index contributed by atoms with van der Waals surface area (Å²) >= 11 is 0. The maximum Gasteiger partial charge on any atom is 0.181 e. The number of benzene rings is 5. The molecule has 2 heterocycles. The van der Waals surface area contributed by atoms with E-state index in [0.29, 0.717) is 5.82 Å². The van der Waals surface area contributed by atoms with Crippen LogP contribution in [0.25, 0.3) is 22.8 Å². The van der Waals surface area contributed by atoms with E-state index in [1.165, 1.54) is 0 Å². The average Bonchev–Trinajstić information content (AvgIpc) is 3.09. The van der Waals surface area contributed by atoms with E-state index in [0.717, 1.165) is 50.9 Å². The van der Waals surface area contributed by atoms with Gasteiger partial charge in [0.25, 0.3) is 0 Å². The van der Waals surface area contributed by atoms with Gasteiger partial charge in [0.1, 0.15) is 0 Å². The quantitative estimate of drug-likeness (QED) is 0.215. The fourth-order valence-electron chi connectivity index (χ4n) is 5.11. The number of para-hydroxylation sites is 2. The first-order valence-corrected chi connectivity index (χ1v) is 13.8. The molecule has 6 aromatic rings. The molecule has 1 aromatic heterocycles. The van der Waals surface area contributed by atoms with Crippen LogP contribution >= 0.6 is 0 Å². The minimum atomic E-state index is 0.580. The summed E-state index contributed by atoms with van der Waals surface area (Å²) in [6.07, 6.45) is 3.23. The first kappa shape index (κ1) is 25.1. The summed E-state index contributed by atoms with van der Waals surface area (Å²) in [6.45, 7) is 0. The van der Waals surface area contributed by atoms with Crippen LogP contribution in [0.1, 0.15) is 16.7 Å². The number of rotatable bonds is 6. The summed E-state index contributed by atoms with van der Waals surface area (Å²) in [5.74, 6) is 1.37. The van der Waals surface area contributed by atoms with Crippen molar-refractivity contribution in [2.75, 3.05) is 10.0 Å². The van der Waals surface area contributed by atoms with Gasteiger partial charge in [0, 0.05) is 28.5 Å². The molecule has 0 unspecified atom stereocenters. The third-order valence-corrected chi connectivity index (χ3v) is 7.03. The summed E-state index contributed by atoms with van der Waals surface area (Å²) in [5, 5.41) is 12.6. The third-order valence-electron chi connectivity index (χ3n) is 7.03. The molecule has 200 valence electrons. The Morgan fingerprint density at radius 1 is 0.429 bits per heavy atom. The SMILES string of the molecule is c1ccc(C2=C(c3ccccc3)N(c3ccccc3)N(c3ccccc3)C(c3ccc(-c4nccnn4)cc3)=N2)cc1. The van der Waals surface area contributed by atoms with Crippen LogP contribution in [-0.2, 0) is 0 Å². The Labute approximate surface area is 244 Å². The molecular weight excluding hydrogens is 516 g/mol. The number of aliphatic imine (C=N–C) groups is 1. The maximum absolute atomic E-state index is 5.45. The molecule has 7 rings (SSSR count). The first-order valence-electron chi connectivity index (χ1n) is 13.8. The van der Waals surface area contributed by atoms with Crippen LogP contribution in [0.3, 0.4) is 0 Å². The highest BCUT2D eigenvalue weighted by molar-refractivity contribution is 6.20. The van der Waals surface area contributed by atoms with Crippen molar-refractivity contribution >= 4 is 28.6 Å². The van der Waals surface area contributed by atoms with Crippen molar-refractivity contribution in [2.24, 2.45) is 4.99 Å². The van der Waals surface area contributed by atoms with Crippen LogP contribution in [0.2, 0.25) is 0 Å². The normalized spacial score (nSPS) is 13.2. The zero-order valence-electron chi connectivity index (χ0n) is 22.7. The van der Waals surface area contributed by atoms with E-state index in [9.17, 15) is 0 Å². The van der Waals surface area contributed by atoms with Gasteiger partial charge in [-0.2, -0.15) is 5.10 Å². The van der Waals surface area contributed by atoms with Gasteiger partial charge in [-0.15, -0.1) is 5.10 Å². The lowest BCUT2D eigenvalue weighted by Crippen LogP contribution is -2.49. The zero-order chi connectivity index (χ0) is 28.1. The van der Waals surface area contributed by atoms with Gasteiger partial charge >= 0.3 is 0 Å². The molecule has 0 bridgehead atoms. The monoisotopic (exact) mass is 542 g/mol. The average molecular weight is 543 g/mol. The lowest BCUT2D eigenvalue weighted by molar-refractivity contribution is 0.979. The summed E-state index contributed by atoms with van der Waals surface area (Å²) in [7, 11) is 0. The summed E-state index contributed by atoms with van der Waals surface area (Å²) < 4.78 is 0. The van der Waals surface area contributed by atoms with Crippen LogP contribution in [0.4, 0.5) is 11.4 Å². The van der Waals surface area contributed by atoms with E-state index in [1.807, 2.05) is 36.4 Å². The molecule has 0 fully saturated rings. The van der Waals surface area contributed by atoms with Gasteiger partial charge in [0.2, 0.25) is 0 Å². The molecule has 0 N–H and O–H groups in total. The summed E-state index contributed by atoms with van der Waals surface area (Å²) in [6, 6.07) is 49.8. The molecule has 0 spiro atoms. The van der Waals surface area contributed by atoms with Gasteiger partial charge in [0.15, 0.2) is 11.7 Å². The van der Waals surface area contributed by atoms with E-state index in [1.54, 1.807) is 12.4 Å². The van der Waals surface area contributed by atoms with E-state index < -0.39 is 0 Å². The molecule has 0 aliphatic carbocycles. The number of hydrogen-bond donors (Lipinski definition) is 0. The Morgan fingerprint density at radius 3 is 1.52 bits per heavy atom. The van der Waals surface area contributed by atoms with Gasteiger partial charge in [-0.3, -0.25) is 0 Å². The minimum Gasteiger partial charge on any atom is -0.245 e. The molecule has 0 saturated carbocycles. The van der Waals surface area contributed by atoms with Crippen molar-refractivity contribution in [2.45, 2.75) is 0 Å². The Bertz CT molecular complexity index is 1840. The second-order valence-corrected chi connectivity index (χ2v) is 9.70. The van der Waals surface area contributed by atoms with Gasteiger partial charge in [-0.25, -0.2) is 20.0 Å². The van der Waals surface area contributed by atoms with Crippen molar-refractivity contribution in [3.8, 4) is 11.4 Å². The zero-order valence-corrected chi connectivity index (χ0v) is 22.7. The van der Waals surface area contributed by atoms with E-state index >= 15 is 0 Å². The van der Waals surface area contributed by atoms with Crippen LogP contribution in [0.5, 0.6) is 0 Å². The van der Waals surface area contributed by atoms with Crippen molar-refractivity contribution in [3.05, 3.63) is 175 Å². The minimum absolute atomic E-state index is 0.580. The van der Waals surface area contributed by atoms with Crippen LogP contribution in [-0.4, -0.2) is 21.0 Å². The lowest BCUT2D eigenvalue weighted by Gasteiger charge is -2.43. The second-order valence-electron chi connectivity index (χ2n) is 9.70. The Hall–Kier alpha value is -5.88. The largest absolute Gasteiger partial charge is 0.245 e. The van der Waals surface area contributed by atoms with E-state index in [4.69, 9.17) is 4.99 Å². The molecule has 6 nitrogen and oxygen atoms in total. The van der Waals surface area contributed by atoms with Gasteiger partial charge in [0.05, 0.1) is 29.0 Å². The fourth-order valence-corrected chi connectivity index (χ4v) is 5.11. The van der Waals surface area contributed by atoms with Gasteiger partial charge in [-0.05, 0) is 24.3 Å². The second kappa shape index (κ2) is 11.3. The van der Waals surface area contributed by atoms with Crippen LogP contribution < -0.4 is 10.0 Å². The predicted octanol–water partition coefficient (Wildman–Crippen LogP) is 7.75. The number of hydrazine groups is 1. The lowest BCUT2D eigenvalue weighted by atomic mass is 10.0. The Morgan fingerprint density at radius 2 is 0.952 bits per heavy atom. The Kier molecular flexibility index (Phi) is 6.76. The third kappa shape index (κ3) is 4.82. The highest BCUT2D eigenvalue weighted by atomic mass is 15.7. The molecular formula is C36H26N6. The standard InChI is InChI=1S/C36H26N6/c1-5-13-27(14-6-1)33-34(28-15-7-2-8-16-28)41(31-17-9-3-10-18-31)42(32-19-11-4-12-20-32)36(39-33)30-23-21-29(22-24-30)35-37-25-26-38-40-35/h1-26H. The molecule has 5 aromatic carbocycles. The number of anilines is 2. The molecule has 0 radical (unpaired) electrons. The number of amidine groups is 1. The van der Waals surface area contributed by atoms with E-state index in [2.05, 4.69) is 134 Å². The number of aromatic nitrogens is 3. The predicted molar refractivity (Wildman–Crippen MR) is 169 cm³/mol. The molecule has 0 saturated heterocycles. The van der Waals surface area contributed by atoms with Crippen LogP contribution in [0, 0.1) is 0 Å². The van der Waals surface area contributed by atoms with Crippen LogP contribution in [0.15, 0.2) is 163 Å². The topological polar surface area (TPSA) is 57.5 Å². The van der Waals surface area contributed by atoms with Crippen molar-refractivity contribution in [3.63, 3.8) is 0 Å². The number of nitrogens with zero attached hydrogens (tertiary/aromatic N) is 6. The van der Waals surface area contributed by atoms with Gasteiger partial charge < -0.3 is 0 Å². The Balaban J connectivity index is 1.51. The molecule has 6 heteroatoms. The summed E-state index contributed by atoms with van der Waals surface area (Å²) in [5.41, 5.74) is 7.80. The molecule has 1 aliphatic rings. The maximum atomic E-state index is 5.45. The van der Waals surface area contributed by atoms with E-state index in [-0.39, 0.29) is 0 Å². The fraction of sp³-hybridized carbons (Fsp3) is 0.